The number of hydrogen-bond donors (Lipinski definition) is 0. The molecule has 2 aromatic heterocycles. The Morgan fingerprint density at radius 1 is 1.14 bits per heavy atom. The lowest BCUT2D eigenvalue weighted by Crippen LogP contribution is -2.37. The number of hydrogen-bond acceptors (Lipinski definition) is 3. The van der Waals surface area contributed by atoms with Crippen molar-refractivity contribution in [2.75, 3.05) is 0 Å². The SMILES string of the molecule is Cn1c(=O)c2nc(Br)n(CC3CCCCC3)c2n(C)c1=O. The Hall–Kier alpha value is -1.37. The Kier molecular flexibility index (Phi) is 3.77. The van der Waals surface area contributed by atoms with E-state index in [0.29, 0.717) is 21.8 Å². The Balaban J connectivity index is 2.16. The first-order valence-electron chi connectivity index (χ1n) is 7.32. The van der Waals surface area contributed by atoms with E-state index in [4.69, 9.17) is 0 Å². The zero-order valence-corrected chi connectivity index (χ0v) is 13.9. The van der Waals surface area contributed by atoms with Crippen LogP contribution in [0.5, 0.6) is 0 Å². The van der Waals surface area contributed by atoms with E-state index in [2.05, 4.69) is 20.9 Å². The molecule has 0 radical (unpaired) electrons. The Morgan fingerprint density at radius 3 is 2.48 bits per heavy atom. The third-order valence-corrected chi connectivity index (χ3v) is 5.06. The first-order chi connectivity index (χ1) is 10.0. The van der Waals surface area contributed by atoms with Gasteiger partial charge in [0.2, 0.25) is 0 Å². The van der Waals surface area contributed by atoms with Gasteiger partial charge in [0.1, 0.15) is 0 Å². The summed E-state index contributed by atoms with van der Waals surface area (Å²) in [7, 11) is 3.17. The van der Waals surface area contributed by atoms with E-state index in [1.54, 1.807) is 7.05 Å². The van der Waals surface area contributed by atoms with Gasteiger partial charge in [0.15, 0.2) is 15.9 Å². The molecule has 1 aliphatic rings. The highest BCUT2D eigenvalue weighted by atomic mass is 79.9. The lowest BCUT2D eigenvalue weighted by molar-refractivity contribution is 0.319. The van der Waals surface area contributed by atoms with Crippen molar-refractivity contribution >= 4 is 27.1 Å². The first kappa shape index (κ1) is 14.6. The van der Waals surface area contributed by atoms with Crippen LogP contribution in [0, 0.1) is 5.92 Å². The molecule has 0 saturated heterocycles. The van der Waals surface area contributed by atoms with E-state index in [1.807, 2.05) is 4.57 Å². The minimum atomic E-state index is -0.337. The van der Waals surface area contributed by atoms with E-state index >= 15 is 0 Å². The van der Waals surface area contributed by atoms with Gasteiger partial charge in [-0.25, -0.2) is 9.78 Å². The van der Waals surface area contributed by atoms with E-state index in [0.717, 1.165) is 11.1 Å². The van der Waals surface area contributed by atoms with Crippen LogP contribution in [0.4, 0.5) is 0 Å². The van der Waals surface area contributed by atoms with Crippen LogP contribution in [-0.2, 0) is 20.6 Å². The highest BCUT2D eigenvalue weighted by molar-refractivity contribution is 9.10. The molecule has 21 heavy (non-hydrogen) atoms. The number of fused-ring (bicyclic) bond motifs is 1. The van der Waals surface area contributed by atoms with Gasteiger partial charge in [-0.3, -0.25) is 13.9 Å². The van der Waals surface area contributed by atoms with Crippen molar-refractivity contribution in [3.8, 4) is 0 Å². The Morgan fingerprint density at radius 2 is 1.81 bits per heavy atom. The topological polar surface area (TPSA) is 61.8 Å². The number of imidazole rings is 1. The highest BCUT2D eigenvalue weighted by Crippen LogP contribution is 2.27. The van der Waals surface area contributed by atoms with Crippen LogP contribution in [0.3, 0.4) is 0 Å². The maximum absolute atomic E-state index is 12.2. The fourth-order valence-corrected chi connectivity index (χ4v) is 3.74. The van der Waals surface area contributed by atoms with Gasteiger partial charge in [0, 0.05) is 20.6 Å². The summed E-state index contributed by atoms with van der Waals surface area (Å²) in [4.78, 5) is 28.7. The van der Waals surface area contributed by atoms with Crippen LogP contribution < -0.4 is 11.2 Å². The largest absolute Gasteiger partial charge is 0.332 e. The van der Waals surface area contributed by atoms with Gasteiger partial charge in [0.25, 0.3) is 5.56 Å². The summed E-state index contributed by atoms with van der Waals surface area (Å²) in [6.07, 6.45) is 6.22. The summed E-state index contributed by atoms with van der Waals surface area (Å²) in [5.74, 6) is 0.589. The Bertz CT molecular complexity index is 796. The number of aryl methyl sites for hydroxylation is 1. The maximum atomic E-state index is 12.2. The predicted molar refractivity (Wildman–Crippen MR) is 84.5 cm³/mol. The summed E-state index contributed by atoms with van der Waals surface area (Å²) >= 11 is 3.44. The summed E-state index contributed by atoms with van der Waals surface area (Å²) in [6.45, 7) is 0.803. The molecule has 6 nitrogen and oxygen atoms in total. The lowest BCUT2D eigenvalue weighted by atomic mass is 9.89. The fourth-order valence-electron chi connectivity index (χ4n) is 3.25. The van der Waals surface area contributed by atoms with Crippen molar-refractivity contribution in [3.05, 3.63) is 25.6 Å². The number of halogens is 1. The molecule has 0 unspecified atom stereocenters. The molecule has 0 amide bonds. The molecule has 0 atom stereocenters. The number of rotatable bonds is 2. The van der Waals surface area contributed by atoms with Gasteiger partial charge < -0.3 is 4.57 Å². The molecular formula is C14H19BrN4O2. The third-order valence-electron chi connectivity index (χ3n) is 4.46. The van der Waals surface area contributed by atoms with Crippen LogP contribution >= 0.6 is 15.9 Å². The molecule has 0 bridgehead atoms. The Labute approximate surface area is 130 Å². The molecule has 7 heteroatoms. The third kappa shape index (κ3) is 2.37. The predicted octanol–water partition coefficient (Wildman–Crippen LogP) is 1.78. The van der Waals surface area contributed by atoms with Gasteiger partial charge >= 0.3 is 5.69 Å². The molecule has 1 aliphatic carbocycles. The minimum Gasteiger partial charge on any atom is -0.304 e. The summed E-state index contributed by atoms with van der Waals surface area (Å²) in [5, 5.41) is 0. The molecule has 1 saturated carbocycles. The van der Waals surface area contributed by atoms with E-state index in [-0.39, 0.29) is 11.2 Å². The van der Waals surface area contributed by atoms with Crippen LogP contribution in [0.1, 0.15) is 32.1 Å². The van der Waals surface area contributed by atoms with Gasteiger partial charge in [-0.2, -0.15) is 0 Å². The fraction of sp³-hybridized carbons (Fsp3) is 0.643. The number of nitrogens with zero attached hydrogens (tertiary/aromatic N) is 4. The van der Waals surface area contributed by atoms with Crippen molar-refractivity contribution < 1.29 is 0 Å². The molecule has 2 heterocycles. The highest BCUT2D eigenvalue weighted by Gasteiger charge is 2.21. The van der Waals surface area contributed by atoms with E-state index < -0.39 is 0 Å². The molecule has 114 valence electrons. The molecule has 3 rings (SSSR count). The second-order valence-corrected chi connectivity index (χ2v) is 6.58. The molecule has 0 spiro atoms. The summed E-state index contributed by atoms with van der Waals surface area (Å²) < 4.78 is 5.21. The zero-order valence-electron chi connectivity index (χ0n) is 12.3. The van der Waals surface area contributed by atoms with Crippen molar-refractivity contribution in [3.63, 3.8) is 0 Å². The van der Waals surface area contributed by atoms with Crippen molar-refractivity contribution in [1.29, 1.82) is 0 Å². The minimum absolute atomic E-state index is 0.315. The second-order valence-electron chi connectivity index (χ2n) is 5.87. The first-order valence-corrected chi connectivity index (χ1v) is 8.11. The average molecular weight is 355 g/mol. The van der Waals surface area contributed by atoms with Crippen LogP contribution in [0.2, 0.25) is 0 Å². The molecule has 0 aromatic carbocycles. The van der Waals surface area contributed by atoms with Gasteiger partial charge in [-0.15, -0.1) is 0 Å². The summed E-state index contributed by atoms with van der Waals surface area (Å²) in [6, 6.07) is 0. The van der Waals surface area contributed by atoms with Gasteiger partial charge in [-0.1, -0.05) is 19.3 Å². The van der Waals surface area contributed by atoms with Gasteiger partial charge in [-0.05, 0) is 34.7 Å². The van der Waals surface area contributed by atoms with Crippen molar-refractivity contribution in [2.24, 2.45) is 20.0 Å². The molecular weight excluding hydrogens is 336 g/mol. The quantitative estimate of drug-likeness (QED) is 0.772. The standard InChI is InChI=1S/C14H19BrN4O2/c1-17-11-10(12(20)18(2)14(17)21)16-13(15)19(11)8-9-6-4-3-5-7-9/h9H,3-8H2,1-2H3. The molecule has 0 aliphatic heterocycles. The average Bonchev–Trinajstić information content (AvgIpc) is 2.81. The van der Waals surface area contributed by atoms with Crippen molar-refractivity contribution in [1.82, 2.24) is 18.7 Å². The smallest absolute Gasteiger partial charge is 0.304 e. The monoisotopic (exact) mass is 354 g/mol. The van der Waals surface area contributed by atoms with Crippen molar-refractivity contribution in [2.45, 2.75) is 38.6 Å². The van der Waals surface area contributed by atoms with Gasteiger partial charge in [0.05, 0.1) is 0 Å². The van der Waals surface area contributed by atoms with Crippen LogP contribution in [-0.4, -0.2) is 18.7 Å². The number of aromatic nitrogens is 4. The summed E-state index contributed by atoms with van der Waals surface area (Å²) in [5.41, 5.74) is 0.309. The molecule has 1 fully saturated rings. The van der Waals surface area contributed by atoms with E-state index in [9.17, 15) is 9.59 Å². The lowest BCUT2D eigenvalue weighted by Gasteiger charge is -2.22. The normalized spacial score (nSPS) is 16.7. The van der Waals surface area contributed by atoms with E-state index in [1.165, 1.54) is 43.7 Å². The zero-order chi connectivity index (χ0) is 15.1. The molecule has 0 N–H and O–H groups in total. The maximum Gasteiger partial charge on any atom is 0.332 e. The second kappa shape index (κ2) is 5.44. The van der Waals surface area contributed by atoms with Crippen LogP contribution in [0.15, 0.2) is 14.3 Å². The van der Waals surface area contributed by atoms with Crippen LogP contribution in [0.25, 0.3) is 11.2 Å². The molecule has 2 aromatic rings.